The van der Waals surface area contributed by atoms with Gasteiger partial charge in [-0.05, 0) is 47.6 Å². The average molecular weight is 557 g/mol. The molecule has 1 saturated carbocycles. The number of fused-ring (bicyclic) bond motifs is 3. The van der Waals surface area contributed by atoms with E-state index in [1.54, 1.807) is 6.92 Å². The van der Waals surface area contributed by atoms with E-state index in [9.17, 15) is 19.5 Å². The summed E-state index contributed by atoms with van der Waals surface area (Å²) in [6.07, 6.45) is 1.19. The number of hydrogen-bond acceptors (Lipinski definition) is 5. The Balaban J connectivity index is 1.29. The maximum Gasteiger partial charge on any atom is 0.407 e. The predicted octanol–water partition coefficient (Wildman–Crippen LogP) is 5.40. The Kier molecular flexibility index (Phi) is 8.69. The summed E-state index contributed by atoms with van der Waals surface area (Å²) in [6.45, 7) is 2.07. The summed E-state index contributed by atoms with van der Waals surface area (Å²) in [5.74, 6) is -1.58. The van der Waals surface area contributed by atoms with E-state index in [0.717, 1.165) is 40.7 Å². The molecule has 41 heavy (non-hydrogen) atoms. The summed E-state index contributed by atoms with van der Waals surface area (Å²) in [7, 11) is 0. The molecule has 0 bridgehead atoms. The third-order valence-electron chi connectivity index (χ3n) is 8.16. The molecule has 2 amide bonds. The Morgan fingerprint density at radius 2 is 1.49 bits per heavy atom. The van der Waals surface area contributed by atoms with Crippen molar-refractivity contribution in [2.75, 3.05) is 6.61 Å². The van der Waals surface area contributed by atoms with Crippen molar-refractivity contribution >= 4 is 18.0 Å². The zero-order valence-corrected chi connectivity index (χ0v) is 23.2. The lowest BCUT2D eigenvalue weighted by molar-refractivity contribution is -0.139. The molecule has 2 aliphatic rings. The lowest BCUT2D eigenvalue weighted by Gasteiger charge is -2.32. The van der Waals surface area contributed by atoms with Crippen LogP contribution in [0.25, 0.3) is 11.1 Å². The summed E-state index contributed by atoms with van der Waals surface area (Å²) in [5, 5.41) is 15.2. The molecule has 3 aromatic carbocycles. The quantitative estimate of drug-likeness (QED) is 0.291. The van der Waals surface area contributed by atoms with Crippen molar-refractivity contribution in [2.24, 2.45) is 0 Å². The molecule has 8 nitrogen and oxygen atoms in total. The molecule has 3 aromatic rings. The van der Waals surface area contributed by atoms with E-state index in [1.807, 2.05) is 66.7 Å². The molecule has 0 aliphatic heterocycles. The van der Waals surface area contributed by atoms with E-state index in [-0.39, 0.29) is 25.6 Å². The van der Waals surface area contributed by atoms with Gasteiger partial charge in [0.15, 0.2) is 0 Å². The van der Waals surface area contributed by atoms with E-state index in [1.165, 1.54) is 0 Å². The third kappa shape index (κ3) is 6.60. The van der Waals surface area contributed by atoms with Crippen LogP contribution in [-0.2, 0) is 25.7 Å². The van der Waals surface area contributed by atoms with Crippen molar-refractivity contribution < 1.29 is 29.0 Å². The highest BCUT2D eigenvalue weighted by molar-refractivity contribution is 5.87. The number of aliphatic carboxylic acids is 1. The van der Waals surface area contributed by atoms with Crippen molar-refractivity contribution in [2.45, 2.75) is 69.2 Å². The third-order valence-corrected chi connectivity index (χ3v) is 8.16. The molecule has 0 spiro atoms. The number of amides is 2. The highest BCUT2D eigenvalue weighted by Crippen LogP contribution is 2.44. The Morgan fingerprint density at radius 1 is 0.902 bits per heavy atom. The van der Waals surface area contributed by atoms with Gasteiger partial charge in [-0.3, -0.25) is 9.59 Å². The lowest BCUT2D eigenvalue weighted by Crippen LogP contribution is -2.59. The summed E-state index contributed by atoms with van der Waals surface area (Å²) in [5.41, 5.74) is 4.51. The highest BCUT2D eigenvalue weighted by atomic mass is 16.5. The van der Waals surface area contributed by atoms with Gasteiger partial charge in [0, 0.05) is 5.92 Å². The van der Waals surface area contributed by atoms with Crippen LogP contribution in [0.1, 0.15) is 61.6 Å². The number of carbonyl (C=O) groups excluding carboxylic acids is 2. The molecule has 2 atom stereocenters. The number of hydrogen-bond donors (Lipinski definition) is 3. The fourth-order valence-corrected chi connectivity index (χ4v) is 6.09. The largest absolute Gasteiger partial charge is 0.481 e. The second-order valence-electron chi connectivity index (χ2n) is 11.0. The van der Waals surface area contributed by atoms with Crippen molar-refractivity contribution in [3.05, 3.63) is 95.6 Å². The summed E-state index contributed by atoms with van der Waals surface area (Å²) in [4.78, 5) is 38.4. The molecule has 2 aliphatic carbocycles. The van der Waals surface area contributed by atoms with Gasteiger partial charge in [-0.15, -0.1) is 0 Å². The molecular formula is C33H36N2O6. The fourth-order valence-electron chi connectivity index (χ4n) is 6.09. The first-order valence-electron chi connectivity index (χ1n) is 14.2. The zero-order valence-electron chi connectivity index (χ0n) is 23.2. The Hall–Kier alpha value is -4.17. The SMILES string of the molecule is CC(OCc1ccccc1)C(NC(=O)OCC1c2ccccc2-c2ccccc21)C(=O)NC1(CC(=O)O)CCCC1. The second kappa shape index (κ2) is 12.6. The van der Waals surface area contributed by atoms with Crippen LogP contribution >= 0.6 is 0 Å². The first kappa shape index (κ1) is 28.4. The van der Waals surface area contributed by atoms with Gasteiger partial charge in [-0.1, -0.05) is 91.7 Å². The Morgan fingerprint density at radius 3 is 2.10 bits per heavy atom. The van der Waals surface area contributed by atoms with Crippen LogP contribution in [0, 0.1) is 0 Å². The number of carboxylic acid groups (broad SMARTS) is 1. The molecule has 0 saturated heterocycles. The summed E-state index contributed by atoms with van der Waals surface area (Å²) in [6, 6.07) is 24.6. The van der Waals surface area contributed by atoms with Gasteiger partial charge in [0.25, 0.3) is 0 Å². The van der Waals surface area contributed by atoms with E-state index in [4.69, 9.17) is 9.47 Å². The van der Waals surface area contributed by atoms with Gasteiger partial charge in [0.2, 0.25) is 5.91 Å². The van der Waals surface area contributed by atoms with Crippen molar-refractivity contribution in [1.82, 2.24) is 10.6 Å². The van der Waals surface area contributed by atoms with Crippen molar-refractivity contribution in [3.63, 3.8) is 0 Å². The molecule has 3 N–H and O–H groups in total. The minimum absolute atomic E-state index is 0.108. The molecule has 1 fully saturated rings. The Labute approximate surface area is 240 Å². The number of carbonyl (C=O) groups is 3. The Bertz CT molecular complexity index is 1340. The van der Waals surface area contributed by atoms with Gasteiger partial charge >= 0.3 is 12.1 Å². The topological polar surface area (TPSA) is 114 Å². The van der Waals surface area contributed by atoms with E-state index in [0.29, 0.717) is 12.8 Å². The number of carboxylic acids is 1. The van der Waals surface area contributed by atoms with Gasteiger partial charge in [-0.2, -0.15) is 0 Å². The number of rotatable bonds is 11. The molecule has 0 radical (unpaired) electrons. The lowest BCUT2D eigenvalue weighted by atomic mass is 9.92. The van der Waals surface area contributed by atoms with E-state index >= 15 is 0 Å². The van der Waals surface area contributed by atoms with Crippen LogP contribution in [0.3, 0.4) is 0 Å². The number of ether oxygens (including phenoxy) is 2. The van der Waals surface area contributed by atoms with Crippen molar-refractivity contribution in [3.8, 4) is 11.1 Å². The second-order valence-corrected chi connectivity index (χ2v) is 11.0. The number of benzene rings is 3. The molecule has 214 valence electrons. The van der Waals surface area contributed by atoms with Crippen LogP contribution in [-0.4, -0.2) is 47.4 Å². The van der Waals surface area contributed by atoms with Gasteiger partial charge in [0.1, 0.15) is 12.6 Å². The van der Waals surface area contributed by atoms with Gasteiger partial charge in [-0.25, -0.2) is 4.79 Å². The maximum absolute atomic E-state index is 13.6. The molecule has 5 rings (SSSR count). The molecule has 0 aromatic heterocycles. The number of alkyl carbamates (subject to hydrolysis) is 1. The van der Waals surface area contributed by atoms with Crippen LogP contribution in [0.5, 0.6) is 0 Å². The fraction of sp³-hybridized carbons (Fsp3) is 0.364. The first-order chi connectivity index (χ1) is 19.8. The minimum Gasteiger partial charge on any atom is -0.481 e. The van der Waals surface area contributed by atoms with E-state index in [2.05, 4.69) is 22.8 Å². The summed E-state index contributed by atoms with van der Waals surface area (Å²) < 4.78 is 11.7. The predicted molar refractivity (Wildman–Crippen MR) is 154 cm³/mol. The van der Waals surface area contributed by atoms with Crippen LogP contribution in [0.15, 0.2) is 78.9 Å². The smallest absolute Gasteiger partial charge is 0.407 e. The zero-order chi connectivity index (χ0) is 28.8. The van der Waals surface area contributed by atoms with Crippen LogP contribution in [0.2, 0.25) is 0 Å². The first-order valence-corrected chi connectivity index (χ1v) is 14.2. The monoisotopic (exact) mass is 556 g/mol. The van der Waals surface area contributed by atoms with Crippen molar-refractivity contribution in [1.29, 1.82) is 0 Å². The van der Waals surface area contributed by atoms with Gasteiger partial charge in [0.05, 0.1) is 24.7 Å². The normalized spacial score (nSPS) is 16.7. The van der Waals surface area contributed by atoms with Crippen LogP contribution in [0.4, 0.5) is 4.79 Å². The molecule has 2 unspecified atom stereocenters. The average Bonchev–Trinajstić information content (AvgIpc) is 3.55. The minimum atomic E-state index is -1.08. The highest BCUT2D eigenvalue weighted by Gasteiger charge is 2.40. The molecule has 8 heteroatoms. The standard InChI is InChI=1S/C33H36N2O6/c1-22(40-20-23-11-3-2-4-12-23)30(31(38)35-33(19-29(36)37)17-9-10-18-33)34-32(39)41-21-28-26-15-7-5-13-24(26)25-14-6-8-16-27(25)28/h2-8,11-16,22,28,30H,9-10,17-21H2,1H3,(H,34,39)(H,35,38)(H,36,37). The van der Waals surface area contributed by atoms with Crippen LogP contribution < -0.4 is 10.6 Å². The van der Waals surface area contributed by atoms with E-state index < -0.39 is 35.7 Å². The maximum atomic E-state index is 13.6. The number of nitrogens with one attached hydrogen (secondary N) is 2. The van der Waals surface area contributed by atoms with Gasteiger partial charge < -0.3 is 25.2 Å². The molecule has 0 heterocycles. The molecular weight excluding hydrogens is 520 g/mol. The summed E-state index contributed by atoms with van der Waals surface area (Å²) >= 11 is 0.